The first kappa shape index (κ1) is 16.2. The van der Waals surface area contributed by atoms with Crippen LogP contribution >= 0.6 is 0 Å². The van der Waals surface area contributed by atoms with Gasteiger partial charge in [-0.15, -0.1) is 0 Å². The molecule has 0 aliphatic carbocycles. The molecule has 0 radical (unpaired) electrons. The van der Waals surface area contributed by atoms with Crippen LogP contribution in [0.3, 0.4) is 0 Å². The van der Waals surface area contributed by atoms with Crippen LogP contribution in [-0.4, -0.2) is 19.8 Å². The van der Waals surface area contributed by atoms with Crippen LogP contribution in [-0.2, 0) is 0 Å². The normalized spacial score (nSPS) is 11.9. The van der Waals surface area contributed by atoms with E-state index in [4.69, 9.17) is 0 Å². The molecule has 1 rings (SSSR count). The number of hydrogen-bond donors (Lipinski definition) is 0. The van der Waals surface area contributed by atoms with Gasteiger partial charge in [-0.05, 0) is 44.0 Å². The minimum Gasteiger partial charge on any atom is -0.346 e. The van der Waals surface area contributed by atoms with Gasteiger partial charge in [-0.2, -0.15) is 0 Å². The molecule has 20 heavy (non-hydrogen) atoms. The maximum Gasteiger partial charge on any atom is 0.133 e. The van der Waals surface area contributed by atoms with Crippen molar-refractivity contribution in [2.75, 3.05) is 18.5 Å². The quantitative estimate of drug-likeness (QED) is 0.688. The second-order valence-electron chi connectivity index (χ2n) is 4.68. The number of halogens is 1. The van der Waals surface area contributed by atoms with Crippen molar-refractivity contribution in [2.24, 2.45) is 4.99 Å². The Morgan fingerprint density at radius 3 is 2.60 bits per heavy atom. The van der Waals surface area contributed by atoms with E-state index < -0.39 is 0 Å². The summed E-state index contributed by atoms with van der Waals surface area (Å²) in [7, 11) is 1.68. The summed E-state index contributed by atoms with van der Waals surface area (Å²) >= 11 is 0. The van der Waals surface area contributed by atoms with E-state index in [0.717, 1.165) is 29.9 Å². The van der Waals surface area contributed by atoms with E-state index in [1.54, 1.807) is 25.4 Å². The van der Waals surface area contributed by atoms with E-state index in [0.29, 0.717) is 5.56 Å². The van der Waals surface area contributed by atoms with Gasteiger partial charge < -0.3 is 4.90 Å². The average molecular weight is 274 g/mol. The summed E-state index contributed by atoms with van der Waals surface area (Å²) in [5, 5.41) is 0. The number of hydrogen-bond acceptors (Lipinski definition) is 2. The summed E-state index contributed by atoms with van der Waals surface area (Å²) in [6.45, 7) is 10.7. The van der Waals surface area contributed by atoms with E-state index in [2.05, 4.69) is 18.5 Å². The van der Waals surface area contributed by atoms with Gasteiger partial charge in [0, 0.05) is 36.8 Å². The van der Waals surface area contributed by atoms with Crippen molar-refractivity contribution >= 4 is 17.5 Å². The highest BCUT2D eigenvalue weighted by Gasteiger charge is 2.11. The molecule has 0 aromatic heterocycles. The zero-order valence-corrected chi connectivity index (χ0v) is 12.8. The Hall–Kier alpha value is -1.90. The molecule has 0 unspecified atom stereocenters. The summed E-state index contributed by atoms with van der Waals surface area (Å²) in [4.78, 5) is 5.98. The van der Waals surface area contributed by atoms with Crippen LogP contribution in [0.1, 0.15) is 32.8 Å². The minimum absolute atomic E-state index is 0.238. The monoisotopic (exact) mass is 274 g/mol. The van der Waals surface area contributed by atoms with Crippen molar-refractivity contribution in [3.63, 3.8) is 0 Å². The SMILES string of the molecule is C=C(C)N(CCC)c1ccc(/C(C=NC)=C/C)c(F)c1. The number of nitrogens with zero attached hydrogens (tertiary/aromatic N) is 2. The molecule has 0 fully saturated rings. The lowest BCUT2D eigenvalue weighted by Gasteiger charge is -2.24. The molecule has 0 amide bonds. The second kappa shape index (κ2) is 7.63. The van der Waals surface area contributed by atoms with Crippen LogP contribution in [0.2, 0.25) is 0 Å². The predicted octanol–water partition coefficient (Wildman–Crippen LogP) is 4.68. The van der Waals surface area contributed by atoms with Gasteiger partial charge in [0.1, 0.15) is 5.82 Å². The molecule has 0 aliphatic rings. The van der Waals surface area contributed by atoms with E-state index in [9.17, 15) is 4.39 Å². The summed E-state index contributed by atoms with van der Waals surface area (Å²) in [6.07, 6.45) is 4.51. The van der Waals surface area contributed by atoms with Gasteiger partial charge in [-0.3, -0.25) is 4.99 Å². The van der Waals surface area contributed by atoms with Crippen molar-refractivity contribution < 1.29 is 4.39 Å². The second-order valence-corrected chi connectivity index (χ2v) is 4.68. The van der Waals surface area contributed by atoms with Gasteiger partial charge in [0.25, 0.3) is 0 Å². The number of allylic oxidation sites excluding steroid dienone is 3. The smallest absolute Gasteiger partial charge is 0.133 e. The molecule has 1 aromatic rings. The van der Waals surface area contributed by atoms with Gasteiger partial charge in [0.15, 0.2) is 0 Å². The van der Waals surface area contributed by atoms with E-state index in [-0.39, 0.29) is 5.82 Å². The highest BCUT2D eigenvalue weighted by molar-refractivity contribution is 6.09. The van der Waals surface area contributed by atoms with Crippen molar-refractivity contribution in [1.29, 1.82) is 0 Å². The Balaban J connectivity index is 3.18. The molecule has 1 aromatic carbocycles. The number of anilines is 1. The van der Waals surface area contributed by atoms with Crippen molar-refractivity contribution in [2.45, 2.75) is 27.2 Å². The van der Waals surface area contributed by atoms with E-state index in [1.807, 2.05) is 30.9 Å². The molecule has 0 aliphatic heterocycles. The lowest BCUT2D eigenvalue weighted by molar-refractivity contribution is 0.624. The van der Waals surface area contributed by atoms with Crippen LogP contribution in [0.5, 0.6) is 0 Å². The molecule has 3 heteroatoms. The van der Waals surface area contributed by atoms with Crippen molar-refractivity contribution in [1.82, 2.24) is 0 Å². The summed E-state index contributed by atoms with van der Waals surface area (Å²) in [5.74, 6) is -0.238. The first-order valence-corrected chi connectivity index (χ1v) is 6.86. The number of rotatable bonds is 6. The average Bonchev–Trinajstić information content (AvgIpc) is 2.42. The fourth-order valence-corrected chi connectivity index (χ4v) is 2.11. The first-order valence-electron chi connectivity index (χ1n) is 6.86. The number of benzene rings is 1. The molecule has 0 saturated carbocycles. The Kier molecular flexibility index (Phi) is 6.16. The molecule has 0 N–H and O–H groups in total. The Morgan fingerprint density at radius 1 is 1.45 bits per heavy atom. The summed E-state index contributed by atoms with van der Waals surface area (Å²) < 4.78 is 14.3. The third-order valence-corrected chi connectivity index (χ3v) is 3.06. The molecular weight excluding hydrogens is 251 g/mol. The van der Waals surface area contributed by atoms with Gasteiger partial charge in [0.05, 0.1) is 0 Å². The third-order valence-electron chi connectivity index (χ3n) is 3.06. The largest absolute Gasteiger partial charge is 0.346 e. The number of aliphatic imine (C=N–C) groups is 1. The lowest BCUT2D eigenvalue weighted by atomic mass is 10.0. The van der Waals surface area contributed by atoms with Crippen LogP contribution in [0, 0.1) is 5.82 Å². The zero-order chi connectivity index (χ0) is 15.1. The third kappa shape index (κ3) is 3.80. The standard InChI is InChI=1S/C17H23FN2/c1-6-10-20(13(3)4)15-8-9-16(17(18)11-15)14(7-2)12-19-5/h7-9,11-12H,3,6,10H2,1-2,4-5H3/b14-7+,19-12?. The van der Waals surface area contributed by atoms with Crippen molar-refractivity contribution in [3.05, 3.63) is 47.9 Å². The molecular formula is C17H23FN2. The topological polar surface area (TPSA) is 15.6 Å². The fraction of sp³-hybridized carbons (Fsp3) is 0.353. The van der Waals surface area contributed by atoms with Crippen LogP contribution in [0.4, 0.5) is 10.1 Å². The van der Waals surface area contributed by atoms with Gasteiger partial charge in [-0.1, -0.05) is 19.6 Å². The van der Waals surface area contributed by atoms with Crippen LogP contribution in [0.15, 0.2) is 41.5 Å². The maximum atomic E-state index is 14.3. The Bertz CT molecular complexity index is 530. The fourth-order valence-electron chi connectivity index (χ4n) is 2.11. The van der Waals surface area contributed by atoms with Gasteiger partial charge >= 0.3 is 0 Å². The van der Waals surface area contributed by atoms with Gasteiger partial charge in [-0.25, -0.2) is 4.39 Å². The highest BCUT2D eigenvalue weighted by atomic mass is 19.1. The highest BCUT2D eigenvalue weighted by Crippen LogP contribution is 2.25. The van der Waals surface area contributed by atoms with Crippen molar-refractivity contribution in [3.8, 4) is 0 Å². The summed E-state index contributed by atoms with van der Waals surface area (Å²) in [6, 6.07) is 5.29. The molecule has 2 nitrogen and oxygen atoms in total. The summed E-state index contributed by atoms with van der Waals surface area (Å²) in [5.41, 5.74) is 3.11. The molecule has 0 heterocycles. The maximum absolute atomic E-state index is 14.3. The first-order chi connectivity index (χ1) is 9.54. The van der Waals surface area contributed by atoms with E-state index >= 15 is 0 Å². The Morgan fingerprint density at radius 2 is 2.15 bits per heavy atom. The van der Waals surface area contributed by atoms with E-state index in [1.165, 1.54) is 0 Å². The predicted molar refractivity (Wildman–Crippen MR) is 86.9 cm³/mol. The minimum atomic E-state index is -0.238. The Labute approximate surface area is 121 Å². The molecule has 108 valence electrons. The molecule has 0 spiro atoms. The zero-order valence-electron chi connectivity index (χ0n) is 12.8. The van der Waals surface area contributed by atoms with Crippen LogP contribution in [0.25, 0.3) is 5.57 Å². The van der Waals surface area contributed by atoms with Gasteiger partial charge in [0.2, 0.25) is 0 Å². The molecule has 0 bridgehead atoms. The lowest BCUT2D eigenvalue weighted by Crippen LogP contribution is -2.21. The van der Waals surface area contributed by atoms with Crippen LogP contribution < -0.4 is 4.90 Å². The molecule has 0 atom stereocenters. The molecule has 0 saturated heterocycles.